The number of aliphatic carboxylic acids is 1. The molecule has 10 heteroatoms. The zero-order chi connectivity index (χ0) is 20.9. The molecule has 6 rings (SSSR count). The normalized spacial score (nSPS) is 37.2. The van der Waals surface area contributed by atoms with E-state index in [1.165, 1.54) is 23.1 Å². The van der Waals surface area contributed by atoms with Crippen molar-refractivity contribution in [3.05, 3.63) is 36.9 Å². The predicted octanol–water partition coefficient (Wildman–Crippen LogP) is 2.44. The number of rotatable bonds is 3. The Morgan fingerprint density at radius 3 is 2.63 bits per heavy atom. The minimum Gasteiger partial charge on any atom is -0.480 e. The van der Waals surface area contributed by atoms with Crippen LogP contribution in [0.1, 0.15) is 29.0 Å². The zero-order valence-corrected chi connectivity index (χ0v) is 18.3. The van der Waals surface area contributed by atoms with Crippen LogP contribution in [-0.2, 0) is 14.4 Å². The van der Waals surface area contributed by atoms with Gasteiger partial charge in [0.05, 0.1) is 16.9 Å². The van der Waals surface area contributed by atoms with Gasteiger partial charge in [-0.1, -0.05) is 17.4 Å². The monoisotopic (exact) mass is 462 g/mol. The summed E-state index contributed by atoms with van der Waals surface area (Å²) in [6, 6.07) is 2.94. The quantitative estimate of drug-likeness (QED) is 0.679. The Hall–Kier alpha value is -1.91. The molecule has 0 unspecified atom stereocenters. The summed E-state index contributed by atoms with van der Waals surface area (Å²) in [4.78, 5) is 56.1. The molecule has 2 aromatic heterocycles. The van der Waals surface area contributed by atoms with E-state index < -0.39 is 23.8 Å². The minimum absolute atomic E-state index is 0.0245. The summed E-state index contributed by atoms with van der Waals surface area (Å²) in [5.41, 5.74) is 0. The van der Waals surface area contributed by atoms with E-state index in [0.717, 1.165) is 21.2 Å². The van der Waals surface area contributed by atoms with Crippen molar-refractivity contribution >= 4 is 52.2 Å². The topological polar surface area (TPSA) is 108 Å². The summed E-state index contributed by atoms with van der Waals surface area (Å²) in [5, 5.41) is 12.4. The van der Waals surface area contributed by atoms with Crippen LogP contribution in [0, 0.1) is 29.6 Å². The fourth-order valence-electron chi connectivity index (χ4n) is 6.32. The number of thiophene rings is 1. The Kier molecular flexibility index (Phi) is 3.96. The summed E-state index contributed by atoms with van der Waals surface area (Å²) < 4.78 is 0. The van der Waals surface area contributed by atoms with Crippen molar-refractivity contribution in [2.45, 2.75) is 35.6 Å². The summed E-state index contributed by atoms with van der Waals surface area (Å²) in [6.07, 6.45) is 0.811. The molecule has 8 atom stereocenters. The maximum atomic E-state index is 13.2. The molecular formula is C20H18N2O5S3. The molecular weight excluding hydrogens is 444 g/mol. The highest BCUT2D eigenvalue weighted by Crippen LogP contribution is 2.68. The number of aromatic amines is 1. The molecule has 30 heavy (non-hydrogen) atoms. The van der Waals surface area contributed by atoms with Gasteiger partial charge in [0.2, 0.25) is 11.8 Å². The van der Waals surface area contributed by atoms with Crippen LogP contribution < -0.4 is 4.87 Å². The third-order valence-electron chi connectivity index (χ3n) is 7.35. The van der Waals surface area contributed by atoms with Gasteiger partial charge >= 0.3 is 10.8 Å². The third kappa shape index (κ3) is 2.27. The average molecular weight is 463 g/mol. The fraction of sp³-hybridized carbons (Fsp3) is 0.500. The van der Waals surface area contributed by atoms with Crippen molar-refractivity contribution in [1.82, 2.24) is 9.88 Å². The van der Waals surface area contributed by atoms with Gasteiger partial charge < -0.3 is 10.1 Å². The van der Waals surface area contributed by atoms with Crippen LogP contribution in [0.4, 0.5) is 0 Å². The molecule has 0 spiro atoms. The lowest BCUT2D eigenvalue weighted by molar-refractivity contribution is -0.154. The lowest BCUT2D eigenvalue weighted by atomic mass is 9.69. The third-order valence-corrected chi connectivity index (χ3v) is 10.9. The van der Waals surface area contributed by atoms with E-state index in [1.807, 2.05) is 11.4 Å². The molecule has 4 aliphatic rings. The van der Waals surface area contributed by atoms with Gasteiger partial charge in [-0.2, -0.15) is 0 Å². The summed E-state index contributed by atoms with van der Waals surface area (Å²) in [7, 11) is 0. The highest BCUT2D eigenvalue weighted by molar-refractivity contribution is 8.00. The number of carbonyl (C=O) groups is 3. The molecule has 0 radical (unpaired) electrons. The lowest BCUT2D eigenvalue weighted by Gasteiger charge is -2.42. The van der Waals surface area contributed by atoms with E-state index in [9.17, 15) is 24.3 Å². The number of carboxylic acids is 1. The Morgan fingerprint density at radius 2 is 1.97 bits per heavy atom. The number of thiazole rings is 1. The van der Waals surface area contributed by atoms with E-state index in [0.29, 0.717) is 0 Å². The second-order valence-corrected chi connectivity index (χ2v) is 11.7. The molecule has 2 amide bonds. The Bertz CT molecular complexity index is 1140. The molecule has 2 aromatic rings. The van der Waals surface area contributed by atoms with Crippen molar-refractivity contribution in [2.75, 3.05) is 0 Å². The standard InChI is InChI=1S/C20H18N2O5S3/c1-6(19(25)26)22-17(23)11-7-5-8(12(11)18(22)24)14-10(7)13(9-3-2-4-28-9)15-16(29-14)21-20(27)30-15/h2-4,6-8,10-14H,5H2,1H3,(H,21,27)(H,25,26)/t6-,7+,8-,10-,11+,12-,13-,14+/m0/s1. The van der Waals surface area contributed by atoms with Crippen molar-refractivity contribution < 1.29 is 19.5 Å². The van der Waals surface area contributed by atoms with Crippen LogP contribution in [-0.4, -0.2) is 44.1 Å². The van der Waals surface area contributed by atoms with Crippen molar-refractivity contribution in [3.8, 4) is 0 Å². The number of H-pyrrole nitrogens is 1. The van der Waals surface area contributed by atoms with Crippen LogP contribution in [0.3, 0.4) is 0 Å². The second-order valence-electron chi connectivity index (χ2n) is 8.54. The first-order valence-electron chi connectivity index (χ1n) is 9.91. The first-order chi connectivity index (χ1) is 14.4. The molecule has 2 saturated carbocycles. The summed E-state index contributed by atoms with van der Waals surface area (Å²) >= 11 is 4.54. The van der Waals surface area contributed by atoms with Crippen LogP contribution in [0.15, 0.2) is 27.3 Å². The molecule has 3 fully saturated rings. The van der Waals surface area contributed by atoms with E-state index in [2.05, 4.69) is 11.1 Å². The highest BCUT2D eigenvalue weighted by Gasteiger charge is 2.70. The number of aromatic nitrogens is 1. The Labute approximate surface area is 183 Å². The van der Waals surface area contributed by atoms with Crippen molar-refractivity contribution in [1.29, 1.82) is 0 Å². The van der Waals surface area contributed by atoms with E-state index in [1.54, 1.807) is 23.1 Å². The van der Waals surface area contributed by atoms with Gasteiger partial charge in [-0.05, 0) is 42.5 Å². The number of hydrogen-bond donors (Lipinski definition) is 2. The molecule has 7 nitrogen and oxygen atoms in total. The number of likely N-dealkylation sites (tertiary alicyclic amines) is 1. The van der Waals surface area contributed by atoms with Gasteiger partial charge in [0.15, 0.2) is 0 Å². The number of thioether (sulfide) groups is 1. The molecule has 0 aromatic carbocycles. The number of nitrogens with one attached hydrogen (secondary N) is 1. The van der Waals surface area contributed by atoms with Gasteiger partial charge in [0.25, 0.3) is 0 Å². The average Bonchev–Trinajstić information content (AvgIpc) is 3.48. The second kappa shape index (κ2) is 6.30. The van der Waals surface area contributed by atoms with Crippen LogP contribution in [0.2, 0.25) is 0 Å². The minimum atomic E-state index is -1.16. The van der Waals surface area contributed by atoms with Gasteiger partial charge in [-0.15, -0.1) is 23.1 Å². The molecule has 156 valence electrons. The van der Waals surface area contributed by atoms with E-state index in [-0.39, 0.29) is 45.6 Å². The van der Waals surface area contributed by atoms with Crippen LogP contribution in [0.25, 0.3) is 0 Å². The first kappa shape index (κ1) is 18.8. The lowest BCUT2D eigenvalue weighted by Crippen LogP contribution is -2.44. The molecule has 2 aliphatic heterocycles. The first-order valence-corrected chi connectivity index (χ1v) is 12.5. The Morgan fingerprint density at radius 1 is 1.23 bits per heavy atom. The van der Waals surface area contributed by atoms with Crippen LogP contribution >= 0.6 is 34.4 Å². The maximum absolute atomic E-state index is 13.2. The van der Waals surface area contributed by atoms with Gasteiger partial charge in [0, 0.05) is 20.9 Å². The summed E-state index contributed by atoms with van der Waals surface area (Å²) in [5.74, 6) is -2.44. The molecule has 2 N–H and O–H groups in total. The number of hydrogen-bond acceptors (Lipinski definition) is 7. The largest absolute Gasteiger partial charge is 0.480 e. The van der Waals surface area contributed by atoms with Gasteiger partial charge in [0.1, 0.15) is 6.04 Å². The van der Waals surface area contributed by atoms with Gasteiger partial charge in [-0.25, -0.2) is 4.79 Å². The van der Waals surface area contributed by atoms with Crippen LogP contribution in [0.5, 0.6) is 0 Å². The molecule has 2 aliphatic carbocycles. The SMILES string of the molecule is C[C@@H](C(=O)O)N1C(=O)[C@@H]2[C@@H]3C[C@H]([C@H]4Sc5[nH]c(=O)sc5[C@@H](c5cccs5)[C@H]34)[C@@H]2C1=O. The van der Waals surface area contributed by atoms with E-state index in [4.69, 9.17) is 0 Å². The number of nitrogens with zero attached hydrogens (tertiary/aromatic N) is 1. The molecule has 2 bridgehead atoms. The zero-order valence-electron chi connectivity index (χ0n) is 15.8. The van der Waals surface area contributed by atoms with Crippen molar-refractivity contribution in [2.24, 2.45) is 29.6 Å². The fourth-order valence-corrected chi connectivity index (χ4v) is 10.2. The summed E-state index contributed by atoms with van der Waals surface area (Å²) in [6.45, 7) is 1.40. The smallest absolute Gasteiger partial charge is 0.326 e. The number of amides is 2. The maximum Gasteiger partial charge on any atom is 0.326 e. The Balaban J connectivity index is 1.45. The van der Waals surface area contributed by atoms with E-state index >= 15 is 0 Å². The number of carbonyl (C=O) groups excluding carboxylic acids is 2. The number of imide groups is 1. The number of carboxylic acid groups (broad SMARTS) is 1. The van der Waals surface area contributed by atoms with Gasteiger partial charge in [-0.3, -0.25) is 19.3 Å². The molecule has 4 heterocycles. The highest BCUT2D eigenvalue weighted by atomic mass is 32.2. The predicted molar refractivity (Wildman–Crippen MR) is 112 cm³/mol. The number of fused-ring (bicyclic) bond motifs is 9. The molecule has 1 saturated heterocycles. The van der Waals surface area contributed by atoms with Crippen molar-refractivity contribution in [3.63, 3.8) is 0 Å².